The van der Waals surface area contributed by atoms with Crippen LogP contribution >= 0.6 is 0 Å². The van der Waals surface area contributed by atoms with Gasteiger partial charge in [-0.25, -0.2) is 4.79 Å². The molecule has 2 amide bonds. The zero-order chi connectivity index (χ0) is 30.3. The second-order valence-electron chi connectivity index (χ2n) is 10.3. The third-order valence-corrected chi connectivity index (χ3v) is 7.15. The minimum Gasteiger partial charge on any atom is -0.463 e. The molecule has 0 aromatic heterocycles. The molecule has 42 heavy (non-hydrogen) atoms. The number of benzene rings is 2. The zero-order valence-corrected chi connectivity index (χ0v) is 23.9. The molecule has 0 aliphatic carbocycles. The number of hydrogen-bond donors (Lipinski definition) is 2. The lowest BCUT2D eigenvalue weighted by Gasteiger charge is -2.36. The van der Waals surface area contributed by atoms with Gasteiger partial charge in [-0.3, -0.25) is 14.4 Å². The Morgan fingerprint density at radius 3 is 2.40 bits per heavy atom. The predicted molar refractivity (Wildman–Crippen MR) is 158 cm³/mol. The number of nitrogens with zero attached hydrogens (tertiary/aromatic N) is 1. The number of carbonyl (C=O) groups excluding carboxylic acids is 4. The number of ether oxygens (including phenoxy) is 2. The van der Waals surface area contributed by atoms with Crippen LogP contribution in [0.15, 0.2) is 79.9 Å². The third-order valence-electron chi connectivity index (χ3n) is 7.15. The number of aliphatic hydroxyl groups excluding tert-OH is 1. The van der Waals surface area contributed by atoms with Crippen molar-refractivity contribution in [2.75, 3.05) is 13.2 Å². The normalized spacial score (nSPS) is 15.5. The van der Waals surface area contributed by atoms with E-state index >= 15 is 0 Å². The van der Waals surface area contributed by atoms with Gasteiger partial charge in [0, 0.05) is 19.4 Å². The second kappa shape index (κ2) is 16.9. The highest BCUT2D eigenvalue weighted by atomic mass is 16.6. The summed E-state index contributed by atoms with van der Waals surface area (Å²) >= 11 is 0. The maximum absolute atomic E-state index is 13.4. The summed E-state index contributed by atoms with van der Waals surface area (Å²) in [7, 11) is 0. The Hall–Kier alpha value is -4.24. The van der Waals surface area contributed by atoms with Gasteiger partial charge in [0.05, 0.1) is 18.6 Å². The smallest absolute Gasteiger partial charge is 0.332 e. The number of nitrogens with one attached hydrogen (secondary N) is 1. The lowest BCUT2D eigenvalue weighted by Crippen LogP contribution is -2.50. The minimum absolute atomic E-state index is 0.0210. The van der Waals surface area contributed by atoms with Crippen LogP contribution in [-0.4, -0.2) is 59.1 Å². The average molecular weight is 577 g/mol. The quantitative estimate of drug-likeness (QED) is 0.178. The average Bonchev–Trinajstić information content (AvgIpc) is 3.01. The zero-order valence-electron chi connectivity index (χ0n) is 23.9. The summed E-state index contributed by atoms with van der Waals surface area (Å²) in [6.45, 7) is 7.05. The van der Waals surface area contributed by atoms with Crippen LogP contribution in [-0.2, 0) is 48.2 Å². The second-order valence-corrected chi connectivity index (χ2v) is 10.3. The molecular formula is C33H40N2O7. The SMILES string of the molecule is C=CCCCC(=O)OCC(NC(=O)C(CC=C)CC(=O)N1Cc2ccccc2CC1CO)C(=O)OCc1ccccc1. The first-order valence-electron chi connectivity index (χ1n) is 14.2. The Kier molecular flexibility index (Phi) is 13.0. The molecule has 1 heterocycles. The van der Waals surface area contributed by atoms with Crippen LogP contribution in [0.4, 0.5) is 0 Å². The van der Waals surface area contributed by atoms with Gasteiger partial charge in [0.15, 0.2) is 6.04 Å². The maximum Gasteiger partial charge on any atom is 0.332 e. The van der Waals surface area contributed by atoms with Gasteiger partial charge in [0.1, 0.15) is 13.2 Å². The van der Waals surface area contributed by atoms with Crippen LogP contribution < -0.4 is 5.32 Å². The monoisotopic (exact) mass is 576 g/mol. The fraction of sp³-hybridized carbons (Fsp3) is 0.394. The van der Waals surface area contributed by atoms with Crippen molar-refractivity contribution in [3.63, 3.8) is 0 Å². The molecule has 0 bridgehead atoms. The Bertz CT molecular complexity index is 1230. The summed E-state index contributed by atoms with van der Waals surface area (Å²) in [5.41, 5.74) is 2.84. The summed E-state index contributed by atoms with van der Waals surface area (Å²) in [6, 6.07) is 15.1. The summed E-state index contributed by atoms with van der Waals surface area (Å²) in [6.07, 6.45) is 5.12. The van der Waals surface area contributed by atoms with E-state index in [9.17, 15) is 24.3 Å². The first-order valence-corrected chi connectivity index (χ1v) is 14.2. The lowest BCUT2D eigenvalue weighted by molar-refractivity contribution is -0.155. The molecule has 3 atom stereocenters. The lowest BCUT2D eigenvalue weighted by atomic mass is 9.92. The number of carbonyl (C=O) groups is 4. The largest absolute Gasteiger partial charge is 0.463 e. The molecule has 2 N–H and O–H groups in total. The van der Waals surface area contributed by atoms with Gasteiger partial charge in [0.2, 0.25) is 11.8 Å². The fourth-order valence-corrected chi connectivity index (χ4v) is 4.78. The molecule has 1 aliphatic rings. The van der Waals surface area contributed by atoms with Crippen molar-refractivity contribution in [1.82, 2.24) is 10.2 Å². The first-order chi connectivity index (χ1) is 20.4. The van der Waals surface area contributed by atoms with Gasteiger partial charge in [-0.15, -0.1) is 13.2 Å². The number of amides is 2. The Morgan fingerprint density at radius 2 is 1.71 bits per heavy atom. The maximum atomic E-state index is 13.4. The molecule has 2 aromatic carbocycles. The van der Waals surface area contributed by atoms with Crippen molar-refractivity contribution in [3.05, 3.63) is 96.6 Å². The number of rotatable bonds is 16. The number of hydrogen-bond acceptors (Lipinski definition) is 7. The molecule has 0 spiro atoms. The van der Waals surface area contributed by atoms with Crippen LogP contribution in [0.2, 0.25) is 0 Å². The Labute approximate surface area is 247 Å². The van der Waals surface area contributed by atoms with Crippen LogP contribution in [0.1, 0.15) is 48.8 Å². The van der Waals surface area contributed by atoms with Gasteiger partial charge in [-0.1, -0.05) is 66.7 Å². The van der Waals surface area contributed by atoms with E-state index in [2.05, 4.69) is 18.5 Å². The van der Waals surface area contributed by atoms with E-state index < -0.39 is 42.5 Å². The molecule has 0 saturated heterocycles. The van der Waals surface area contributed by atoms with Crippen molar-refractivity contribution >= 4 is 23.8 Å². The van der Waals surface area contributed by atoms with Crippen LogP contribution in [0.5, 0.6) is 0 Å². The molecule has 0 fully saturated rings. The van der Waals surface area contributed by atoms with Crippen molar-refractivity contribution in [2.45, 2.75) is 63.8 Å². The number of fused-ring (bicyclic) bond motifs is 1. The summed E-state index contributed by atoms with van der Waals surface area (Å²) in [5, 5.41) is 12.6. The van der Waals surface area contributed by atoms with E-state index in [1.165, 1.54) is 6.08 Å². The van der Waals surface area contributed by atoms with E-state index in [0.717, 1.165) is 16.7 Å². The predicted octanol–water partition coefficient (Wildman–Crippen LogP) is 3.64. The standard InChI is InChI=1S/C33H40N2O7/c1-3-5-7-17-31(38)41-23-29(33(40)42-22-24-13-8-6-9-14-24)34-32(39)26(12-4-2)19-30(37)35-20-27-16-11-10-15-25(27)18-28(35)21-36/h3-4,6,8-11,13-16,26,28-29,36H,1-2,5,7,12,17-23H2,(H,34,39). The van der Waals surface area contributed by atoms with Gasteiger partial charge in [-0.05, 0) is 42.4 Å². The van der Waals surface area contributed by atoms with Crippen molar-refractivity contribution in [1.29, 1.82) is 0 Å². The topological polar surface area (TPSA) is 122 Å². The molecule has 2 aromatic rings. The van der Waals surface area contributed by atoms with Crippen molar-refractivity contribution in [2.24, 2.45) is 5.92 Å². The molecule has 1 aliphatic heterocycles. The van der Waals surface area contributed by atoms with Gasteiger partial charge in [-0.2, -0.15) is 0 Å². The molecular weight excluding hydrogens is 536 g/mol. The molecule has 0 saturated carbocycles. The first kappa shape index (κ1) is 32.3. The van der Waals surface area contributed by atoms with E-state index in [0.29, 0.717) is 25.8 Å². The highest BCUT2D eigenvalue weighted by Crippen LogP contribution is 2.25. The summed E-state index contributed by atoms with van der Waals surface area (Å²) in [4.78, 5) is 53.6. The molecule has 9 heteroatoms. The van der Waals surface area contributed by atoms with Crippen molar-refractivity contribution in [3.8, 4) is 0 Å². The van der Waals surface area contributed by atoms with E-state index in [1.807, 2.05) is 42.5 Å². The molecule has 9 nitrogen and oxygen atoms in total. The minimum atomic E-state index is -1.26. The van der Waals surface area contributed by atoms with Crippen LogP contribution in [0, 0.1) is 5.92 Å². The van der Waals surface area contributed by atoms with Gasteiger partial charge >= 0.3 is 11.9 Å². The number of esters is 2. The number of unbranched alkanes of at least 4 members (excludes halogenated alkanes) is 1. The van der Waals surface area contributed by atoms with Crippen LogP contribution in [0.25, 0.3) is 0 Å². The van der Waals surface area contributed by atoms with E-state index in [4.69, 9.17) is 9.47 Å². The third kappa shape index (κ3) is 9.69. The highest BCUT2D eigenvalue weighted by Gasteiger charge is 2.33. The van der Waals surface area contributed by atoms with Crippen molar-refractivity contribution < 1.29 is 33.8 Å². The molecule has 0 radical (unpaired) electrons. The number of allylic oxidation sites excluding steroid dienone is 2. The van der Waals surface area contributed by atoms with Gasteiger partial charge in [0.25, 0.3) is 0 Å². The fourth-order valence-electron chi connectivity index (χ4n) is 4.78. The highest BCUT2D eigenvalue weighted by molar-refractivity contribution is 5.89. The van der Waals surface area contributed by atoms with Crippen LogP contribution in [0.3, 0.4) is 0 Å². The Morgan fingerprint density at radius 1 is 1.00 bits per heavy atom. The molecule has 224 valence electrons. The van der Waals surface area contributed by atoms with E-state index in [1.54, 1.807) is 23.1 Å². The van der Waals surface area contributed by atoms with Gasteiger partial charge < -0.3 is 24.8 Å². The summed E-state index contributed by atoms with van der Waals surface area (Å²) < 4.78 is 10.7. The van der Waals surface area contributed by atoms with E-state index in [-0.39, 0.29) is 38.4 Å². The Balaban J connectivity index is 1.68. The molecule has 3 unspecified atom stereocenters. The summed E-state index contributed by atoms with van der Waals surface area (Å²) in [5.74, 6) is -2.96. The molecule has 3 rings (SSSR count). The number of aliphatic hydroxyl groups is 1.